The van der Waals surface area contributed by atoms with Crippen LogP contribution in [0.1, 0.15) is 32.6 Å². The highest BCUT2D eigenvalue weighted by Crippen LogP contribution is 2.26. The summed E-state index contributed by atoms with van der Waals surface area (Å²) in [6, 6.07) is 1.52. The maximum Gasteiger partial charge on any atom is 0.0604 e. The van der Waals surface area contributed by atoms with Crippen LogP contribution >= 0.6 is 11.8 Å². The molecule has 2 rings (SSSR count). The molecule has 2 aliphatic rings. The fraction of sp³-hybridized carbons (Fsp3) is 1.00. The topological polar surface area (TPSA) is 21.3 Å². The van der Waals surface area contributed by atoms with Gasteiger partial charge >= 0.3 is 0 Å². The minimum atomic E-state index is 0.550. The Balaban J connectivity index is 1.58. The van der Waals surface area contributed by atoms with E-state index < -0.39 is 0 Å². The zero-order valence-corrected chi connectivity index (χ0v) is 9.81. The van der Waals surface area contributed by atoms with Crippen LogP contribution in [0.4, 0.5) is 0 Å². The highest BCUT2D eigenvalue weighted by atomic mass is 32.2. The molecule has 0 radical (unpaired) electrons. The van der Waals surface area contributed by atoms with Crippen molar-refractivity contribution < 1.29 is 4.74 Å². The largest absolute Gasteiger partial charge is 0.378 e. The fourth-order valence-corrected chi connectivity index (χ4v) is 3.36. The first-order valence-corrected chi connectivity index (χ1v) is 6.99. The molecule has 1 N–H and O–H groups in total. The van der Waals surface area contributed by atoms with Gasteiger partial charge < -0.3 is 10.1 Å². The molecule has 0 spiro atoms. The Morgan fingerprint density at radius 1 is 1.36 bits per heavy atom. The number of hydrogen-bond acceptors (Lipinski definition) is 3. The highest BCUT2D eigenvalue weighted by molar-refractivity contribution is 7.99. The van der Waals surface area contributed by atoms with Crippen molar-refractivity contribution in [3.05, 3.63) is 0 Å². The van der Waals surface area contributed by atoms with Crippen LogP contribution in [-0.4, -0.2) is 36.3 Å². The van der Waals surface area contributed by atoms with Crippen molar-refractivity contribution in [1.29, 1.82) is 0 Å². The van der Waals surface area contributed by atoms with Gasteiger partial charge in [0, 0.05) is 24.4 Å². The van der Waals surface area contributed by atoms with Gasteiger partial charge in [0.15, 0.2) is 0 Å². The minimum absolute atomic E-state index is 0.550. The Bertz CT molecular complexity index is 165. The fourth-order valence-electron chi connectivity index (χ4n) is 2.28. The van der Waals surface area contributed by atoms with Gasteiger partial charge in [0.25, 0.3) is 0 Å². The van der Waals surface area contributed by atoms with E-state index in [2.05, 4.69) is 24.0 Å². The van der Waals surface area contributed by atoms with Crippen molar-refractivity contribution in [1.82, 2.24) is 5.32 Å². The van der Waals surface area contributed by atoms with Crippen LogP contribution in [-0.2, 0) is 4.74 Å². The molecule has 2 fully saturated rings. The quantitative estimate of drug-likeness (QED) is 0.775. The first-order chi connectivity index (χ1) is 6.88. The van der Waals surface area contributed by atoms with Crippen LogP contribution in [0.25, 0.3) is 0 Å². The number of ether oxygens (including phenoxy) is 1. The molecule has 14 heavy (non-hydrogen) atoms. The van der Waals surface area contributed by atoms with E-state index in [1.54, 1.807) is 0 Å². The van der Waals surface area contributed by atoms with Crippen LogP contribution in [0, 0.1) is 0 Å². The van der Waals surface area contributed by atoms with Crippen molar-refractivity contribution in [2.24, 2.45) is 0 Å². The van der Waals surface area contributed by atoms with Crippen LogP contribution in [0.2, 0.25) is 0 Å². The number of hydrogen-bond donors (Lipinski definition) is 1. The van der Waals surface area contributed by atoms with Gasteiger partial charge in [-0.2, -0.15) is 11.8 Å². The smallest absolute Gasteiger partial charge is 0.0604 e. The van der Waals surface area contributed by atoms with E-state index in [0.29, 0.717) is 6.10 Å². The maximum atomic E-state index is 5.55. The molecule has 3 heteroatoms. The Morgan fingerprint density at radius 2 is 2.21 bits per heavy atom. The lowest BCUT2D eigenvalue weighted by molar-refractivity contribution is -0.0120. The third-order valence-electron chi connectivity index (χ3n) is 3.13. The SMILES string of the molecule is CCOC1CC(NC2CCCSC2)C1. The van der Waals surface area contributed by atoms with Gasteiger partial charge in [-0.05, 0) is 38.4 Å². The van der Waals surface area contributed by atoms with E-state index in [1.165, 1.54) is 37.2 Å². The van der Waals surface area contributed by atoms with Gasteiger partial charge in [0.2, 0.25) is 0 Å². The second-order valence-corrected chi connectivity index (χ2v) is 5.48. The van der Waals surface area contributed by atoms with Crippen LogP contribution in [0.5, 0.6) is 0 Å². The molecule has 0 aromatic heterocycles. The highest BCUT2D eigenvalue weighted by Gasteiger charge is 2.31. The average molecular weight is 215 g/mol. The molecule has 1 atom stereocenters. The van der Waals surface area contributed by atoms with E-state index in [1.807, 2.05) is 0 Å². The second-order valence-electron chi connectivity index (χ2n) is 4.33. The van der Waals surface area contributed by atoms with Gasteiger partial charge in [-0.3, -0.25) is 0 Å². The normalized spacial score (nSPS) is 37.9. The van der Waals surface area contributed by atoms with Crippen LogP contribution in [0.3, 0.4) is 0 Å². The number of rotatable bonds is 4. The molecule has 82 valence electrons. The Kier molecular flexibility index (Phi) is 4.14. The van der Waals surface area contributed by atoms with Gasteiger partial charge in [0.05, 0.1) is 6.10 Å². The zero-order valence-electron chi connectivity index (χ0n) is 9.00. The predicted octanol–water partition coefficient (Wildman–Crippen LogP) is 2.04. The van der Waals surface area contributed by atoms with Crippen LogP contribution in [0.15, 0.2) is 0 Å². The van der Waals surface area contributed by atoms with Gasteiger partial charge in [0.1, 0.15) is 0 Å². The Hall–Kier alpha value is 0.270. The first-order valence-electron chi connectivity index (χ1n) is 5.84. The second kappa shape index (κ2) is 5.38. The molecule has 0 aromatic rings. The molecule has 1 unspecified atom stereocenters. The van der Waals surface area contributed by atoms with Crippen molar-refractivity contribution in [2.75, 3.05) is 18.1 Å². The van der Waals surface area contributed by atoms with E-state index in [-0.39, 0.29) is 0 Å². The van der Waals surface area contributed by atoms with Gasteiger partial charge in [-0.15, -0.1) is 0 Å². The molecular weight excluding hydrogens is 194 g/mol. The summed E-state index contributed by atoms with van der Waals surface area (Å²) < 4.78 is 5.55. The summed E-state index contributed by atoms with van der Waals surface area (Å²) >= 11 is 2.10. The van der Waals surface area contributed by atoms with Crippen molar-refractivity contribution in [2.45, 2.75) is 50.8 Å². The molecular formula is C11H21NOS. The molecule has 1 aliphatic carbocycles. The van der Waals surface area contributed by atoms with Crippen molar-refractivity contribution in [3.8, 4) is 0 Å². The van der Waals surface area contributed by atoms with Crippen molar-refractivity contribution in [3.63, 3.8) is 0 Å². The lowest BCUT2D eigenvalue weighted by atomic mass is 9.88. The molecule has 1 heterocycles. The van der Waals surface area contributed by atoms with Crippen molar-refractivity contribution >= 4 is 11.8 Å². The molecule has 1 aliphatic heterocycles. The molecule has 0 amide bonds. The maximum absolute atomic E-state index is 5.55. The Morgan fingerprint density at radius 3 is 2.86 bits per heavy atom. The average Bonchev–Trinajstić information content (AvgIpc) is 2.16. The molecule has 2 nitrogen and oxygen atoms in total. The summed E-state index contributed by atoms with van der Waals surface area (Å²) in [5.74, 6) is 2.68. The molecule has 0 bridgehead atoms. The Labute approximate surface area is 91.2 Å². The van der Waals surface area contributed by atoms with E-state index in [4.69, 9.17) is 4.74 Å². The standard InChI is InChI=1S/C11H21NOS/c1-2-13-11-6-10(7-11)12-9-4-3-5-14-8-9/h9-12H,2-8H2,1H3. The monoisotopic (exact) mass is 215 g/mol. The molecule has 0 aromatic carbocycles. The van der Waals surface area contributed by atoms with E-state index >= 15 is 0 Å². The zero-order chi connectivity index (χ0) is 9.80. The number of thioether (sulfide) groups is 1. The van der Waals surface area contributed by atoms with Gasteiger partial charge in [-0.25, -0.2) is 0 Å². The summed E-state index contributed by atoms with van der Waals surface area (Å²) in [5, 5.41) is 3.74. The summed E-state index contributed by atoms with van der Waals surface area (Å²) in [6.07, 6.45) is 5.78. The number of nitrogens with one attached hydrogen (secondary N) is 1. The third kappa shape index (κ3) is 2.88. The summed E-state index contributed by atoms with van der Waals surface area (Å²) in [5.41, 5.74) is 0. The first kappa shape index (κ1) is 10.8. The third-order valence-corrected chi connectivity index (χ3v) is 4.34. The predicted molar refractivity (Wildman–Crippen MR) is 61.9 cm³/mol. The van der Waals surface area contributed by atoms with E-state index in [9.17, 15) is 0 Å². The summed E-state index contributed by atoms with van der Waals surface area (Å²) in [6.45, 7) is 2.95. The molecule has 1 saturated heterocycles. The lowest BCUT2D eigenvalue weighted by Crippen LogP contribution is -2.50. The van der Waals surface area contributed by atoms with Crippen LogP contribution < -0.4 is 5.32 Å². The summed E-state index contributed by atoms with van der Waals surface area (Å²) in [7, 11) is 0. The van der Waals surface area contributed by atoms with Gasteiger partial charge in [-0.1, -0.05) is 0 Å². The molecule has 1 saturated carbocycles. The lowest BCUT2D eigenvalue weighted by Gasteiger charge is -2.38. The van der Waals surface area contributed by atoms with E-state index in [0.717, 1.165) is 18.7 Å². The minimum Gasteiger partial charge on any atom is -0.378 e. The summed E-state index contributed by atoms with van der Waals surface area (Å²) in [4.78, 5) is 0.